The van der Waals surface area contributed by atoms with Gasteiger partial charge in [0.1, 0.15) is 0 Å². The molecule has 0 aliphatic rings. The fraction of sp³-hybridized carbons (Fsp3) is 0.222. The van der Waals surface area contributed by atoms with E-state index in [-0.39, 0.29) is 11.7 Å². The molecule has 0 radical (unpaired) electrons. The molecule has 2 N–H and O–H groups in total. The Balaban J connectivity index is 1.50. The van der Waals surface area contributed by atoms with Gasteiger partial charge in [-0.1, -0.05) is 48.2 Å². The van der Waals surface area contributed by atoms with Crippen molar-refractivity contribution >= 4 is 35.0 Å². The number of hydrogen-bond donors (Lipinski definition) is 2. The van der Waals surface area contributed by atoms with E-state index in [9.17, 15) is 9.59 Å². The predicted molar refractivity (Wildman–Crippen MR) is 107 cm³/mol. The fourth-order valence-electron chi connectivity index (χ4n) is 2.38. The SMILES string of the molecule is CCn1c(SCC(=O)NC(=O)NCc2ccccc2)nnc1-c1cccs1. The van der Waals surface area contributed by atoms with Gasteiger partial charge in [-0.15, -0.1) is 21.5 Å². The minimum Gasteiger partial charge on any atom is -0.334 e. The molecule has 140 valence electrons. The molecule has 0 saturated heterocycles. The molecular formula is C18H19N5O2S2. The van der Waals surface area contributed by atoms with Crippen LogP contribution >= 0.6 is 23.1 Å². The number of urea groups is 1. The molecule has 3 amide bonds. The molecule has 2 heterocycles. The Morgan fingerprint density at radius 1 is 1.15 bits per heavy atom. The van der Waals surface area contributed by atoms with Gasteiger partial charge < -0.3 is 9.88 Å². The van der Waals surface area contributed by atoms with Crippen LogP contribution in [-0.4, -0.2) is 32.5 Å². The number of thiophene rings is 1. The Labute approximate surface area is 165 Å². The van der Waals surface area contributed by atoms with E-state index < -0.39 is 6.03 Å². The average molecular weight is 402 g/mol. The summed E-state index contributed by atoms with van der Waals surface area (Å²) in [5, 5.41) is 16.0. The number of rotatable bonds is 7. The number of nitrogens with one attached hydrogen (secondary N) is 2. The van der Waals surface area contributed by atoms with Gasteiger partial charge >= 0.3 is 6.03 Å². The zero-order chi connectivity index (χ0) is 19.1. The lowest BCUT2D eigenvalue weighted by Gasteiger charge is -2.08. The van der Waals surface area contributed by atoms with Crippen molar-refractivity contribution in [2.24, 2.45) is 0 Å². The molecule has 1 aromatic carbocycles. The van der Waals surface area contributed by atoms with Crippen molar-refractivity contribution < 1.29 is 9.59 Å². The van der Waals surface area contributed by atoms with Crippen molar-refractivity contribution in [3.8, 4) is 10.7 Å². The van der Waals surface area contributed by atoms with Gasteiger partial charge in [0.25, 0.3) is 0 Å². The number of carbonyl (C=O) groups is 2. The maximum Gasteiger partial charge on any atom is 0.321 e. The molecule has 0 atom stereocenters. The molecule has 3 rings (SSSR count). The first-order valence-corrected chi connectivity index (χ1v) is 10.3. The van der Waals surface area contributed by atoms with Crippen LogP contribution in [0.25, 0.3) is 10.7 Å². The molecule has 9 heteroatoms. The number of imide groups is 1. The Kier molecular flexibility index (Phi) is 6.61. The van der Waals surface area contributed by atoms with Crippen molar-refractivity contribution in [3.63, 3.8) is 0 Å². The quantitative estimate of drug-likeness (QED) is 0.594. The van der Waals surface area contributed by atoms with Gasteiger partial charge in [-0.2, -0.15) is 0 Å². The topological polar surface area (TPSA) is 88.9 Å². The van der Waals surface area contributed by atoms with Crippen molar-refractivity contribution in [1.29, 1.82) is 0 Å². The second-order valence-corrected chi connectivity index (χ2v) is 7.42. The number of aromatic nitrogens is 3. The number of nitrogens with zero attached hydrogens (tertiary/aromatic N) is 3. The van der Waals surface area contributed by atoms with E-state index in [4.69, 9.17) is 0 Å². The number of carbonyl (C=O) groups excluding carboxylic acids is 2. The molecule has 3 aromatic rings. The second kappa shape index (κ2) is 9.33. The summed E-state index contributed by atoms with van der Waals surface area (Å²) < 4.78 is 1.96. The first kappa shape index (κ1) is 19.1. The zero-order valence-corrected chi connectivity index (χ0v) is 16.3. The van der Waals surface area contributed by atoms with Gasteiger partial charge in [0.15, 0.2) is 11.0 Å². The molecule has 2 aromatic heterocycles. The monoisotopic (exact) mass is 401 g/mol. The van der Waals surface area contributed by atoms with Crippen molar-refractivity contribution in [2.75, 3.05) is 5.75 Å². The van der Waals surface area contributed by atoms with Crippen LogP contribution in [0, 0.1) is 0 Å². The van der Waals surface area contributed by atoms with E-state index in [0.29, 0.717) is 18.2 Å². The van der Waals surface area contributed by atoms with Crippen LogP contribution in [0.15, 0.2) is 53.0 Å². The highest BCUT2D eigenvalue weighted by atomic mass is 32.2. The first-order valence-electron chi connectivity index (χ1n) is 8.39. The third kappa shape index (κ3) is 5.18. The van der Waals surface area contributed by atoms with Crippen molar-refractivity contribution in [3.05, 3.63) is 53.4 Å². The van der Waals surface area contributed by atoms with Gasteiger partial charge in [0.2, 0.25) is 5.91 Å². The highest BCUT2D eigenvalue weighted by Crippen LogP contribution is 2.26. The summed E-state index contributed by atoms with van der Waals surface area (Å²) in [4.78, 5) is 24.9. The van der Waals surface area contributed by atoms with Gasteiger partial charge in [-0.3, -0.25) is 10.1 Å². The molecular weight excluding hydrogens is 382 g/mol. The zero-order valence-electron chi connectivity index (χ0n) is 14.7. The van der Waals surface area contributed by atoms with Crippen LogP contribution in [-0.2, 0) is 17.9 Å². The molecule has 27 heavy (non-hydrogen) atoms. The molecule has 0 spiro atoms. The molecule has 0 aliphatic carbocycles. The summed E-state index contributed by atoms with van der Waals surface area (Å²) in [7, 11) is 0. The summed E-state index contributed by atoms with van der Waals surface area (Å²) in [5.74, 6) is 0.492. The van der Waals surface area contributed by atoms with Crippen molar-refractivity contribution in [1.82, 2.24) is 25.4 Å². The fourth-order valence-corrected chi connectivity index (χ4v) is 3.90. The standard InChI is InChI=1S/C18H19N5O2S2/c1-2-23-16(14-9-6-10-26-14)21-22-18(23)27-12-15(24)20-17(25)19-11-13-7-4-3-5-8-13/h3-10H,2,11-12H2,1H3,(H2,19,20,24,25). The summed E-state index contributed by atoms with van der Waals surface area (Å²) in [6, 6.07) is 12.9. The van der Waals surface area contributed by atoms with E-state index in [0.717, 1.165) is 16.3 Å². The summed E-state index contributed by atoms with van der Waals surface area (Å²) in [6.45, 7) is 3.06. The van der Waals surface area contributed by atoms with Crippen LogP contribution in [0.2, 0.25) is 0 Å². The molecule has 0 bridgehead atoms. The molecule has 0 aliphatic heterocycles. The van der Waals surface area contributed by atoms with Crippen LogP contribution in [0.5, 0.6) is 0 Å². The highest BCUT2D eigenvalue weighted by molar-refractivity contribution is 7.99. The summed E-state index contributed by atoms with van der Waals surface area (Å²) in [5.41, 5.74) is 0.964. The third-order valence-electron chi connectivity index (χ3n) is 3.66. The Morgan fingerprint density at radius 2 is 1.96 bits per heavy atom. The minimum atomic E-state index is -0.513. The lowest BCUT2D eigenvalue weighted by atomic mass is 10.2. The van der Waals surface area contributed by atoms with E-state index >= 15 is 0 Å². The number of thioether (sulfide) groups is 1. The predicted octanol–water partition coefficient (Wildman–Crippen LogP) is 3.14. The van der Waals surface area contributed by atoms with Crippen LogP contribution < -0.4 is 10.6 Å². The first-order chi connectivity index (χ1) is 13.2. The molecule has 0 fully saturated rings. The third-order valence-corrected chi connectivity index (χ3v) is 5.49. The largest absolute Gasteiger partial charge is 0.334 e. The Morgan fingerprint density at radius 3 is 2.67 bits per heavy atom. The van der Waals surface area contributed by atoms with E-state index in [2.05, 4.69) is 20.8 Å². The average Bonchev–Trinajstić information content (AvgIpc) is 3.34. The van der Waals surface area contributed by atoms with Gasteiger partial charge in [-0.25, -0.2) is 4.79 Å². The Bertz CT molecular complexity index is 894. The molecule has 7 nitrogen and oxygen atoms in total. The van der Waals surface area contributed by atoms with Crippen LogP contribution in [0.4, 0.5) is 4.79 Å². The van der Waals surface area contributed by atoms with Gasteiger partial charge in [-0.05, 0) is 23.9 Å². The lowest BCUT2D eigenvalue weighted by Crippen LogP contribution is -2.40. The van der Waals surface area contributed by atoms with Crippen LogP contribution in [0.3, 0.4) is 0 Å². The molecule has 0 unspecified atom stereocenters. The lowest BCUT2D eigenvalue weighted by molar-refractivity contribution is -0.117. The van der Waals surface area contributed by atoms with Crippen LogP contribution in [0.1, 0.15) is 12.5 Å². The number of hydrogen-bond acceptors (Lipinski definition) is 6. The van der Waals surface area contributed by atoms with E-state index in [1.807, 2.05) is 59.3 Å². The highest BCUT2D eigenvalue weighted by Gasteiger charge is 2.16. The Hall–Kier alpha value is -2.65. The second-order valence-electron chi connectivity index (χ2n) is 5.53. The maximum absolute atomic E-state index is 12.0. The van der Waals surface area contributed by atoms with Gasteiger partial charge in [0, 0.05) is 13.1 Å². The summed E-state index contributed by atoms with van der Waals surface area (Å²) in [6.07, 6.45) is 0. The van der Waals surface area contributed by atoms with Gasteiger partial charge in [0.05, 0.1) is 10.6 Å². The minimum absolute atomic E-state index is 0.0847. The summed E-state index contributed by atoms with van der Waals surface area (Å²) >= 11 is 2.85. The maximum atomic E-state index is 12.0. The number of benzene rings is 1. The van der Waals surface area contributed by atoms with Crippen molar-refractivity contribution in [2.45, 2.75) is 25.2 Å². The molecule has 0 saturated carbocycles. The normalized spacial score (nSPS) is 10.6. The smallest absolute Gasteiger partial charge is 0.321 e. The number of amides is 3. The van der Waals surface area contributed by atoms with E-state index in [1.165, 1.54) is 11.8 Å². The van der Waals surface area contributed by atoms with E-state index in [1.54, 1.807) is 11.3 Å².